The Morgan fingerprint density at radius 3 is 2.42 bits per heavy atom. The fraction of sp³-hybridized carbons (Fsp3) is 0.350. The van der Waals surface area contributed by atoms with E-state index in [1.165, 1.54) is 0 Å². The van der Waals surface area contributed by atoms with Crippen molar-refractivity contribution in [3.05, 3.63) is 48.0 Å². The number of benzene rings is 2. The van der Waals surface area contributed by atoms with Crippen LogP contribution in [0.1, 0.15) is 5.56 Å². The predicted octanol–water partition coefficient (Wildman–Crippen LogP) is 2.48. The first kappa shape index (κ1) is 16.7. The van der Waals surface area contributed by atoms with Crippen LogP contribution in [0.3, 0.4) is 0 Å². The second kappa shape index (κ2) is 7.66. The van der Waals surface area contributed by atoms with Crippen molar-refractivity contribution in [3.8, 4) is 11.5 Å². The molecule has 0 aromatic heterocycles. The molecule has 2 aliphatic heterocycles. The lowest BCUT2D eigenvalue weighted by molar-refractivity contribution is -0.115. The van der Waals surface area contributed by atoms with E-state index in [0.29, 0.717) is 25.4 Å². The fourth-order valence-electron chi connectivity index (χ4n) is 3.17. The zero-order chi connectivity index (χ0) is 17.8. The van der Waals surface area contributed by atoms with Crippen molar-refractivity contribution >= 4 is 17.3 Å². The smallest absolute Gasteiger partial charge is 0.228 e. The summed E-state index contributed by atoms with van der Waals surface area (Å²) in [6.45, 7) is 4.42. The van der Waals surface area contributed by atoms with E-state index < -0.39 is 0 Å². The van der Waals surface area contributed by atoms with Gasteiger partial charge in [-0.15, -0.1) is 0 Å². The summed E-state index contributed by atoms with van der Waals surface area (Å²) in [7, 11) is 0. The molecular formula is C20H22N2O4. The molecule has 0 spiro atoms. The normalized spacial score (nSPS) is 16.2. The molecule has 2 aromatic rings. The van der Waals surface area contributed by atoms with Crippen LogP contribution in [-0.2, 0) is 16.0 Å². The molecule has 2 heterocycles. The predicted molar refractivity (Wildman–Crippen MR) is 99.2 cm³/mol. The van der Waals surface area contributed by atoms with E-state index in [1.807, 2.05) is 42.5 Å². The largest absolute Gasteiger partial charge is 0.486 e. The molecule has 1 fully saturated rings. The molecule has 136 valence electrons. The number of amides is 1. The van der Waals surface area contributed by atoms with Crippen LogP contribution in [0, 0.1) is 0 Å². The van der Waals surface area contributed by atoms with Crippen LogP contribution in [0.5, 0.6) is 11.5 Å². The number of ether oxygens (including phenoxy) is 3. The number of anilines is 2. The van der Waals surface area contributed by atoms with Gasteiger partial charge in [0.05, 0.1) is 19.6 Å². The number of morpholine rings is 1. The van der Waals surface area contributed by atoms with Crippen LogP contribution in [0.4, 0.5) is 11.4 Å². The Morgan fingerprint density at radius 1 is 0.923 bits per heavy atom. The Kier molecular flexibility index (Phi) is 4.93. The summed E-state index contributed by atoms with van der Waals surface area (Å²) in [5, 5.41) is 2.95. The molecule has 2 aromatic carbocycles. The molecule has 4 rings (SSSR count). The van der Waals surface area contributed by atoms with Crippen molar-refractivity contribution in [2.45, 2.75) is 6.42 Å². The molecule has 1 saturated heterocycles. The van der Waals surface area contributed by atoms with Gasteiger partial charge >= 0.3 is 0 Å². The van der Waals surface area contributed by atoms with E-state index in [-0.39, 0.29) is 5.91 Å². The maximum atomic E-state index is 12.3. The summed E-state index contributed by atoms with van der Waals surface area (Å²) in [5.41, 5.74) is 2.85. The first-order valence-corrected chi connectivity index (χ1v) is 8.89. The molecule has 26 heavy (non-hydrogen) atoms. The summed E-state index contributed by atoms with van der Waals surface area (Å²) >= 11 is 0. The first-order valence-electron chi connectivity index (χ1n) is 8.89. The number of hydrogen-bond acceptors (Lipinski definition) is 5. The molecule has 0 bridgehead atoms. The van der Waals surface area contributed by atoms with Gasteiger partial charge in [0.15, 0.2) is 11.5 Å². The summed E-state index contributed by atoms with van der Waals surface area (Å²) in [4.78, 5) is 14.6. The zero-order valence-corrected chi connectivity index (χ0v) is 14.6. The Labute approximate surface area is 152 Å². The SMILES string of the molecule is O=C(Cc1ccc2c(c1)OCCO2)Nc1ccc(N2CCOCC2)cc1. The van der Waals surface area contributed by atoms with E-state index in [0.717, 1.165) is 49.0 Å². The van der Waals surface area contributed by atoms with Crippen molar-refractivity contribution in [2.24, 2.45) is 0 Å². The van der Waals surface area contributed by atoms with Gasteiger partial charge in [0.2, 0.25) is 5.91 Å². The van der Waals surface area contributed by atoms with Crippen LogP contribution in [0.2, 0.25) is 0 Å². The molecule has 0 radical (unpaired) electrons. The van der Waals surface area contributed by atoms with Crippen LogP contribution < -0.4 is 19.7 Å². The third-order valence-electron chi connectivity index (χ3n) is 4.50. The maximum Gasteiger partial charge on any atom is 0.228 e. The quantitative estimate of drug-likeness (QED) is 0.914. The molecule has 0 unspecified atom stereocenters. The molecule has 1 N–H and O–H groups in total. The maximum absolute atomic E-state index is 12.3. The second-order valence-electron chi connectivity index (χ2n) is 6.35. The van der Waals surface area contributed by atoms with Gasteiger partial charge < -0.3 is 24.4 Å². The number of fused-ring (bicyclic) bond motifs is 1. The highest BCUT2D eigenvalue weighted by atomic mass is 16.6. The monoisotopic (exact) mass is 354 g/mol. The highest BCUT2D eigenvalue weighted by Crippen LogP contribution is 2.31. The lowest BCUT2D eigenvalue weighted by atomic mass is 10.1. The lowest BCUT2D eigenvalue weighted by Gasteiger charge is -2.28. The highest BCUT2D eigenvalue weighted by molar-refractivity contribution is 5.92. The zero-order valence-electron chi connectivity index (χ0n) is 14.6. The van der Waals surface area contributed by atoms with Crippen molar-refractivity contribution in [3.63, 3.8) is 0 Å². The minimum atomic E-state index is -0.0548. The molecule has 0 aliphatic carbocycles. The minimum absolute atomic E-state index is 0.0548. The van der Waals surface area contributed by atoms with E-state index in [4.69, 9.17) is 14.2 Å². The second-order valence-corrected chi connectivity index (χ2v) is 6.35. The average Bonchev–Trinajstić information content (AvgIpc) is 2.69. The minimum Gasteiger partial charge on any atom is -0.486 e. The van der Waals surface area contributed by atoms with Gasteiger partial charge in [-0.05, 0) is 42.0 Å². The Balaban J connectivity index is 1.35. The van der Waals surface area contributed by atoms with Gasteiger partial charge in [-0.2, -0.15) is 0 Å². The molecular weight excluding hydrogens is 332 g/mol. The number of carbonyl (C=O) groups excluding carboxylic acids is 1. The van der Waals surface area contributed by atoms with Gasteiger partial charge in [0.1, 0.15) is 13.2 Å². The van der Waals surface area contributed by atoms with Crippen molar-refractivity contribution in [2.75, 3.05) is 49.7 Å². The molecule has 6 nitrogen and oxygen atoms in total. The summed E-state index contributed by atoms with van der Waals surface area (Å²) in [6.07, 6.45) is 0.294. The average molecular weight is 354 g/mol. The summed E-state index contributed by atoms with van der Waals surface area (Å²) in [6, 6.07) is 13.6. The van der Waals surface area contributed by atoms with Crippen LogP contribution >= 0.6 is 0 Å². The van der Waals surface area contributed by atoms with Gasteiger partial charge in [0, 0.05) is 24.5 Å². The lowest BCUT2D eigenvalue weighted by Crippen LogP contribution is -2.36. The molecule has 2 aliphatic rings. The van der Waals surface area contributed by atoms with E-state index in [1.54, 1.807) is 0 Å². The molecule has 0 saturated carbocycles. The van der Waals surface area contributed by atoms with E-state index in [9.17, 15) is 4.79 Å². The van der Waals surface area contributed by atoms with Gasteiger partial charge in [0.25, 0.3) is 0 Å². The first-order chi connectivity index (χ1) is 12.8. The van der Waals surface area contributed by atoms with Crippen molar-refractivity contribution in [1.29, 1.82) is 0 Å². The van der Waals surface area contributed by atoms with Gasteiger partial charge in [-0.25, -0.2) is 0 Å². The number of nitrogens with one attached hydrogen (secondary N) is 1. The molecule has 6 heteroatoms. The highest BCUT2D eigenvalue weighted by Gasteiger charge is 2.14. The van der Waals surface area contributed by atoms with Gasteiger partial charge in [-0.3, -0.25) is 4.79 Å². The third-order valence-corrected chi connectivity index (χ3v) is 4.50. The standard InChI is InChI=1S/C20H22N2O4/c23-20(14-15-1-6-18-19(13-15)26-12-11-25-18)21-16-2-4-17(5-3-16)22-7-9-24-10-8-22/h1-6,13H,7-12,14H2,(H,21,23). The third kappa shape index (κ3) is 3.91. The Morgan fingerprint density at radius 2 is 1.65 bits per heavy atom. The Bertz CT molecular complexity index is 770. The molecule has 0 atom stereocenters. The number of carbonyl (C=O) groups is 1. The topological polar surface area (TPSA) is 60.0 Å². The fourth-order valence-corrected chi connectivity index (χ4v) is 3.17. The van der Waals surface area contributed by atoms with Crippen LogP contribution in [0.15, 0.2) is 42.5 Å². The summed E-state index contributed by atoms with van der Waals surface area (Å²) < 4.78 is 16.4. The van der Waals surface area contributed by atoms with Gasteiger partial charge in [-0.1, -0.05) is 6.07 Å². The van der Waals surface area contributed by atoms with Crippen molar-refractivity contribution < 1.29 is 19.0 Å². The van der Waals surface area contributed by atoms with Crippen LogP contribution in [-0.4, -0.2) is 45.4 Å². The number of rotatable bonds is 4. The number of hydrogen-bond donors (Lipinski definition) is 1. The van der Waals surface area contributed by atoms with E-state index >= 15 is 0 Å². The van der Waals surface area contributed by atoms with Crippen molar-refractivity contribution in [1.82, 2.24) is 0 Å². The summed E-state index contributed by atoms with van der Waals surface area (Å²) in [5.74, 6) is 1.39. The number of nitrogens with zero attached hydrogens (tertiary/aromatic N) is 1. The van der Waals surface area contributed by atoms with Crippen LogP contribution in [0.25, 0.3) is 0 Å². The van der Waals surface area contributed by atoms with E-state index in [2.05, 4.69) is 10.2 Å². The molecule has 1 amide bonds. The Hall–Kier alpha value is -2.73.